The molecule has 0 amide bonds. The highest BCUT2D eigenvalue weighted by atomic mass is 16.5. The normalized spacial score (nSPS) is 26.9. The van der Waals surface area contributed by atoms with Crippen molar-refractivity contribution in [1.82, 2.24) is 0 Å². The molecule has 3 atom stereocenters. The van der Waals surface area contributed by atoms with Gasteiger partial charge in [-0.25, -0.2) is 0 Å². The minimum Gasteiger partial charge on any atom is -0.392 e. The molecular formula is C16H25NO2. The maximum Gasteiger partial charge on any atom is 0.0636 e. The number of aliphatic hydroxyl groups is 1. The molecule has 1 saturated heterocycles. The topological polar surface area (TPSA) is 55.5 Å². The molecule has 1 aliphatic heterocycles. The number of rotatable bonds is 5. The first-order valence-electron chi connectivity index (χ1n) is 7.19. The Labute approximate surface area is 115 Å². The van der Waals surface area contributed by atoms with Crippen LogP contribution in [0.1, 0.15) is 37.7 Å². The molecule has 1 aliphatic rings. The predicted octanol–water partition coefficient (Wildman–Crippen LogP) is 2.30. The van der Waals surface area contributed by atoms with Gasteiger partial charge in [0, 0.05) is 18.6 Å². The van der Waals surface area contributed by atoms with E-state index in [4.69, 9.17) is 10.5 Å². The fourth-order valence-electron chi connectivity index (χ4n) is 2.94. The predicted molar refractivity (Wildman–Crippen MR) is 77.0 cm³/mol. The summed E-state index contributed by atoms with van der Waals surface area (Å²) in [4.78, 5) is 0. The first-order valence-corrected chi connectivity index (χ1v) is 7.19. The fourth-order valence-corrected chi connectivity index (χ4v) is 2.94. The molecule has 1 aromatic carbocycles. The summed E-state index contributed by atoms with van der Waals surface area (Å²) in [5.41, 5.74) is 6.93. The number of hydrogen-bond acceptors (Lipinski definition) is 3. The van der Waals surface area contributed by atoms with E-state index in [1.54, 1.807) is 0 Å². The zero-order valence-corrected chi connectivity index (χ0v) is 11.7. The van der Waals surface area contributed by atoms with Crippen molar-refractivity contribution in [3.05, 3.63) is 35.9 Å². The molecule has 0 radical (unpaired) electrons. The Morgan fingerprint density at radius 1 is 1.37 bits per heavy atom. The van der Waals surface area contributed by atoms with E-state index < -0.39 is 6.10 Å². The Kier molecular flexibility index (Phi) is 4.97. The van der Waals surface area contributed by atoms with Gasteiger partial charge in [0.2, 0.25) is 0 Å². The fraction of sp³-hybridized carbons (Fsp3) is 0.625. The Bertz CT molecular complexity index is 374. The summed E-state index contributed by atoms with van der Waals surface area (Å²) in [5, 5.41) is 10.6. The quantitative estimate of drug-likeness (QED) is 0.857. The number of aliphatic hydroxyl groups excluding tert-OH is 1. The standard InChI is InChI=1S/C16H25NO2/c1-13(14-6-3-2-4-7-14)10-15(18)16(11-17)8-5-9-19-12-16/h2-4,6-7,13,15,18H,5,8-12,17H2,1H3. The van der Waals surface area contributed by atoms with Crippen molar-refractivity contribution in [2.45, 2.75) is 38.2 Å². The Morgan fingerprint density at radius 2 is 2.11 bits per heavy atom. The molecule has 0 spiro atoms. The maximum absolute atomic E-state index is 10.6. The van der Waals surface area contributed by atoms with Gasteiger partial charge in [-0.05, 0) is 30.7 Å². The van der Waals surface area contributed by atoms with Crippen molar-refractivity contribution in [2.75, 3.05) is 19.8 Å². The summed E-state index contributed by atoms with van der Waals surface area (Å²) in [6.07, 6.45) is 2.30. The third-order valence-electron chi connectivity index (χ3n) is 4.41. The molecule has 0 saturated carbocycles. The molecule has 0 bridgehead atoms. The Hall–Kier alpha value is -0.900. The average molecular weight is 263 g/mol. The molecule has 3 unspecified atom stereocenters. The van der Waals surface area contributed by atoms with Crippen LogP contribution < -0.4 is 5.73 Å². The summed E-state index contributed by atoms with van der Waals surface area (Å²) in [6, 6.07) is 10.3. The monoisotopic (exact) mass is 263 g/mol. The van der Waals surface area contributed by atoms with E-state index >= 15 is 0 Å². The van der Waals surface area contributed by atoms with Crippen LogP contribution in [-0.4, -0.2) is 31.0 Å². The van der Waals surface area contributed by atoms with E-state index in [0.717, 1.165) is 25.9 Å². The first kappa shape index (κ1) is 14.5. The maximum atomic E-state index is 10.6. The molecule has 3 heteroatoms. The second kappa shape index (κ2) is 6.51. The molecule has 3 N–H and O–H groups in total. The lowest BCUT2D eigenvalue weighted by Crippen LogP contribution is -2.48. The van der Waals surface area contributed by atoms with E-state index in [1.165, 1.54) is 5.56 Å². The second-order valence-electron chi connectivity index (χ2n) is 5.79. The zero-order valence-electron chi connectivity index (χ0n) is 11.7. The van der Waals surface area contributed by atoms with Gasteiger partial charge in [0.15, 0.2) is 0 Å². The molecule has 0 aromatic heterocycles. The van der Waals surface area contributed by atoms with Crippen LogP contribution in [-0.2, 0) is 4.74 Å². The van der Waals surface area contributed by atoms with Crippen molar-refractivity contribution < 1.29 is 9.84 Å². The van der Waals surface area contributed by atoms with Crippen LogP contribution in [0.3, 0.4) is 0 Å². The Balaban J connectivity index is 2.01. The largest absolute Gasteiger partial charge is 0.392 e. The molecule has 1 aromatic rings. The minimum atomic E-state index is -0.395. The summed E-state index contributed by atoms with van der Waals surface area (Å²) in [5.74, 6) is 0.335. The van der Waals surface area contributed by atoms with Gasteiger partial charge in [-0.3, -0.25) is 0 Å². The van der Waals surface area contributed by atoms with Crippen LogP contribution in [0.25, 0.3) is 0 Å². The molecule has 2 rings (SSSR count). The van der Waals surface area contributed by atoms with Gasteiger partial charge >= 0.3 is 0 Å². The number of hydrogen-bond donors (Lipinski definition) is 2. The zero-order chi connectivity index (χ0) is 13.7. The molecule has 1 fully saturated rings. The van der Waals surface area contributed by atoms with Crippen LogP contribution in [0.4, 0.5) is 0 Å². The number of ether oxygens (including phenoxy) is 1. The van der Waals surface area contributed by atoms with Crippen LogP contribution in [0, 0.1) is 5.41 Å². The van der Waals surface area contributed by atoms with Crippen molar-refractivity contribution in [2.24, 2.45) is 11.1 Å². The molecule has 3 nitrogen and oxygen atoms in total. The molecule has 1 heterocycles. The highest BCUT2D eigenvalue weighted by Gasteiger charge is 2.39. The lowest BCUT2D eigenvalue weighted by molar-refractivity contribution is -0.0804. The summed E-state index contributed by atoms with van der Waals surface area (Å²) < 4.78 is 5.54. The van der Waals surface area contributed by atoms with Gasteiger partial charge < -0.3 is 15.6 Å². The van der Waals surface area contributed by atoms with Crippen LogP contribution in [0.15, 0.2) is 30.3 Å². The van der Waals surface area contributed by atoms with Gasteiger partial charge in [-0.1, -0.05) is 37.3 Å². The van der Waals surface area contributed by atoms with Gasteiger partial charge in [0.25, 0.3) is 0 Å². The van der Waals surface area contributed by atoms with Crippen LogP contribution >= 0.6 is 0 Å². The van der Waals surface area contributed by atoms with E-state index in [2.05, 4.69) is 19.1 Å². The van der Waals surface area contributed by atoms with Crippen molar-refractivity contribution in [3.8, 4) is 0 Å². The second-order valence-corrected chi connectivity index (χ2v) is 5.79. The smallest absolute Gasteiger partial charge is 0.0636 e. The lowest BCUT2D eigenvalue weighted by atomic mass is 9.74. The number of benzene rings is 1. The third kappa shape index (κ3) is 3.35. The van der Waals surface area contributed by atoms with Crippen LogP contribution in [0.2, 0.25) is 0 Å². The molecule has 19 heavy (non-hydrogen) atoms. The van der Waals surface area contributed by atoms with Crippen molar-refractivity contribution in [1.29, 1.82) is 0 Å². The highest BCUT2D eigenvalue weighted by Crippen LogP contribution is 2.36. The van der Waals surface area contributed by atoms with Gasteiger partial charge in [0.1, 0.15) is 0 Å². The van der Waals surface area contributed by atoms with Crippen molar-refractivity contribution >= 4 is 0 Å². The molecular weight excluding hydrogens is 238 g/mol. The van der Waals surface area contributed by atoms with Gasteiger partial charge in [-0.2, -0.15) is 0 Å². The highest BCUT2D eigenvalue weighted by molar-refractivity contribution is 5.19. The first-order chi connectivity index (χ1) is 9.18. The third-order valence-corrected chi connectivity index (χ3v) is 4.41. The Morgan fingerprint density at radius 3 is 2.68 bits per heavy atom. The SMILES string of the molecule is CC(CC(O)C1(CN)CCCOC1)c1ccccc1. The minimum absolute atomic E-state index is 0.249. The van der Waals surface area contributed by atoms with E-state index in [9.17, 15) is 5.11 Å². The van der Waals surface area contributed by atoms with Gasteiger partial charge in [0.05, 0.1) is 12.7 Å². The van der Waals surface area contributed by atoms with E-state index in [-0.39, 0.29) is 5.41 Å². The van der Waals surface area contributed by atoms with Gasteiger partial charge in [-0.15, -0.1) is 0 Å². The van der Waals surface area contributed by atoms with E-state index in [1.807, 2.05) is 18.2 Å². The molecule has 106 valence electrons. The lowest BCUT2D eigenvalue weighted by Gasteiger charge is -2.40. The summed E-state index contributed by atoms with van der Waals surface area (Å²) >= 11 is 0. The average Bonchev–Trinajstić information content (AvgIpc) is 2.48. The van der Waals surface area contributed by atoms with E-state index in [0.29, 0.717) is 19.1 Å². The number of nitrogens with two attached hydrogens (primary N) is 1. The van der Waals surface area contributed by atoms with Crippen molar-refractivity contribution in [3.63, 3.8) is 0 Å². The van der Waals surface area contributed by atoms with Crippen LogP contribution in [0.5, 0.6) is 0 Å². The molecule has 0 aliphatic carbocycles. The summed E-state index contributed by atoms with van der Waals surface area (Å²) in [6.45, 7) is 4.04. The summed E-state index contributed by atoms with van der Waals surface area (Å²) in [7, 11) is 0.